The third kappa shape index (κ3) is 2.96. The molecule has 100 valence electrons. The monoisotopic (exact) mass is 267 g/mol. The second kappa shape index (κ2) is 4.91. The lowest BCUT2D eigenvalue weighted by Crippen LogP contribution is -2.36. The van der Waals surface area contributed by atoms with Crippen molar-refractivity contribution in [1.29, 1.82) is 0 Å². The number of aliphatic carboxylic acids is 1. The molecule has 0 spiro atoms. The summed E-state index contributed by atoms with van der Waals surface area (Å²) in [5.41, 5.74) is 3.06. The quantitative estimate of drug-likeness (QED) is 0.720. The molecule has 4 nitrogen and oxygen atoms in total. The van der Waals surface area contributed by atoms with Gasteiger partial charge in [-0.05, 0) is 17.7 Å². The average Bonchev–Trinajstić information content (AvgIpc) is 2.26. The van der Waals surface area contributed by atoms with E-state index in [1.807, 2.05) is 0 Å². The van der Waals surface area contributed by atoms with E-state index in [1.54, 1.807) is 0 Å². The van der Waals surface area contributed by atoms with Gasteiger partial charge in [0, 0.05) is 0 Å². The van der Waals surface area contributed by atoms with Crippen LogP contribution in [0.25, 0.3) is 0 Å². The molecule has 0 aliphatic heterocycles. The maximum absolute atomic E-state index is 12.9. The highest BCUT2D eigenvalue weighted by atomic mass is 19.4. The molecule has 1 aromatic rings. The summed E-state index contributed by atoms with van der Waals surface area (Å²) < 4.78 is 50.1. The Hall–Kier alpha value is -1.67. The maximum Gasteiger partial charge on any atom is 0.419 e. The molecular weight excluding hydrogens is 258 g/mol. The van der Waals surface area contributed by atoms with Gasteiger partial charge in [-0.2, -0.15) is 13.2 Å². The summed E-state index contributed by atoms with van der Waals surface area (Å²) in [5, 5.41) is 18.0. The van der Waals surface area contributed by atoms with Crippen LogP contribution in [0.4, 0.5) is 17.6 Å². The summed E-state index contributed by atoms with van der Waals surface area (Å²) in [4.78, 5) is 10.5. The molecule has 1 aromatic carbocycles. The van der Waals surface area contributed by atoms with E-state index in [2.05, 4.69) is 0 Å². The summed E-state index contributed by atoms with van der Waals surface area (Å²) in [5.74, 6) is -3.09. The highest BCUT2D eigenvalue weighted by molar-refractivity contribution is 5.74. The van der Waals surface area contributed by atoms with Gasteiger partial charge in [0.25, 0.3) is 0 Å². The molecule has 0 aliphatic carbocycles. The van der Waals surface area contributed by atoms with Crippen LogP contribution in [-0.2, 0) is 11.0 Å². The number of alkyl halides is 3. The van der Waals surface area contributed by atoms with E-state index in [1.165, 1.54) is 0 Å². The van der Waals surface area contributed by atoms with Crippen LogP contribution < -0.4 is 5.73 Å². The van der Waals surface area contributed by atoms with Crippen molar-refractivity contribution in [2.45, 2.75) is 18.3 Å². The molecule has 0 saturated carbocycles. The van der Waals surface area contributed by atoms with E-state index in [0.717, 1.165) is 6.07 Å². The van der Waals surface area contributed by atoms with Crippen molar-refractivity contribution in [1.82, 2.24) is 0 Å². The van der Waals surface area contributed by atoms with Crippen LogP contribution in [0.5, 0.6) is 0 Å². The fourth-order valence-electron chi connectivity index (χ4n) is 1.29. The minimum Gasteiger partial charge on any atom is -0.480 e. The van der Waals surface area contributed by atoms with Gasteiger partial charge in [-0.1, -0.05) is 6.07 Å². The number of nitrogens with two attached hydrogens (primary N) is 1. The number of hydrogen-bond acceptors (Lipinski definition) is 3. The van der Waals surface area contributed by atoms with Gasteiger partial charge in [-0.3, -0.25) is 4.79 Å². The van der Waals surface area contributed by atoms with Crippen molar-refractivity contribution in [3.05, 3.63) is 35.1 Å². The van der Waals surface area contributed by atoms with Gasteiger partial charge in [-0.25, -0.2) is 4.39 Å². The number of aliphatic hydroxyl groups is 1. The van der Waals surface area contributed by atoms with Crippen molar-refractivity contribution in [3.8, 4) is 0 Å². The molecular formula is C10H9F4NO3. The number of aliphatic hydroxyl groups excluding tert-OH is 1. The van der Waals surface area contributed by atoms with Crippen LogP contribution in [0.2, 0.25) is 0 Å². The van der Waals surface area contributed by atoms with Crippen molar-refractivity contribution in [3.63, 3.8) is 0 Å². The molecule has 2 unspecified atom stereocenters. The minimum atomic E-state index is -4.94. The molecule has 0 aromatic heterocycles. The van der Waals surface area contributed by atoms with E-state index >= 15 is 0 Å². The van der Waals surface area contributed by atoms with Crippen molar-refractivity contribution in [2.75, 3.05) is 0 Å². The second-order valence-corrected chi connectivity index (χ2v) is 3.55. The van der Waals surface area contributed by atoms with Gasteiger partial charge in [0.15, 0.2) is 0 Å². The number of carbonyl (C=O) groups is 1. The predicted octanol–water partition coefficient (Wildman–Crippen LogP) is 1.29. The Morgan fingerprint density at radius 1 is 1.33 bits per heavy atom. The number of hydrogen-bond donors (Lipinski definition) is 3. The van der Waals surface area contributed by atoms with Gasteiger partial charge in [0.05, 0.1) is 5.56 Å². The first-order valence-electron chi connectivity index (χ1n) is 4.67. The summed E-state index contributed by atoms with van der Waals surface area (Å²) in [6.45, 7) is 0. The lowest BCUT2D eigenvalue weighted by Gasteiger charge is -2.17. The van der Waals surface area contributed by atoms with E-state index in [9.17, 15) is 27.5 Å². The lowest BCUT2D eigenvalue weighted by molar-refractivity contribution is -0.141. The topological polar surface area (TPSA) is 83.6 Å². The zero-order chi connectivity index (χ0) is 14.1. The number of rotatable bonds is 3. The standard InChI is InChI=1S/C10H9F4NO3/c11-6-2-1-4(3-5(6)10(12,13)14)8(16)7(15)9(17)18/h1-3,7-8,16H,15H2,(H,17,18). The second-order valence-electron chi connectivity index (χ2n) is 3.55. The van der Waals surface area contributed by atoms with Gasteiger partial charge in [-0.15, -0.1) is 0 Å². The van der Waals surface area contributed by atoms with Gasteiger partial charge in [0.2, 0.25) is 0 Å². The zero-order valence-corrected chi connectivity index (χ0v) is 8.78. The molecule has 0 saturated heterocycles. The Balaban J connectivity index is 3.17. The predicted molar refractivity (Wildman–Crippen MR) is 52.0 cm³/mol. The van der Waals surface area contributed by atoms with Crippen LogP contribution in [-0.4, -0.2) is 22.2 Å². The molecule has 0 amide bonds. The van der Waals surface area contributed by atoms with E-state index in [4.69, 9.17) is 10.8 Å². The Kier molecular flexibility index (Phi) is 3.92. The minimum absolute atomic E-state index is 0.336. The number of halogens is 4. The molecule has 0 fully saturated rings. The maximum atomic E-state index is 12.9. The average molecular weight is 267 g/mol. The highest BCUT2D eigenvalue weighted by Gasteiger charge is 2.35. The first-order chi connectivity index (χ1) is 8.14. The van der Waals surface area contributed by atoms with E-state index < -0.39 is 41.2 Å². The molecule has 0 aliphatic rings. The van der Waals surface area contributed by atoms with Gasteiger partial charge < -0.3 is 15.9 Å². The molecule has 18 heavy (non-hydrogen) atoms. The Morgan fingerprint density at radius 3 is 2.33 bits per heavy atom. The fraction of sp³-hybridized carbons (Fsp3) is 0.300. The number of carboxylic acid groups (broad SMARTS) is 1. The van der Waals surface area contributed by atoms with Crippen LogP contribution in [0.15, 0.2) is 18.2 Å². The highest BCUT2D eigenvalue weighted by Crippen LogP contribution is 2.33. The molecule has 0 bridgehead atoms. The molecule has 2 atom stereocenters. The van der Waals surface area contributed by atoms with Gasteiger partial charge >= 0.3 is 12.1 Å². The third-order valence-corrected chi connectivity index (χ3v) is 2.26. The van der Waals surface area contributed by atoms with E-state index in [-0.39, 0.29) is 0 Å². The molecule has 4 N–H and O–H groups in total. The molecule has 8 heteroatoms. The SMILES string of the molecule is NC(C(=O)O)C(O)c1ccc(F)c(C(F)(F)F)c1. The smallest absolute Gasteiger partial charge is 0.419 e. The Labute approximate surface area is 98.6 Å². The Morgan fingerprint density at radius 2 is 1.89 bits per heavy atom. The summed E-state index contributed by atoms with van der Waals surface area (Å²) in [7, 11) is 0. The van der Waals surface area contributed by atoms with E-state index in [0.29, 0.717) is 12.1 Å². The van der Waals surface area contributed by atoms with Crippen molar-refractivity contribution in [2.24, 2.45) is 5.73 Å². The molecule has 1 rings (SSSR count). The van der Waals surface area contributed by atoms with Crippen LogP contribution in [0.1, 0.15) is 17.2 Å². The zero-order valence-electron chi connectivity index (χ0n) is 8.78. The number of carboxylic acids is 1. The fourth-order valence-corrected chi connectivity index (χ4v) is 1.29. The molecule has 0 heterocycles. The normalized spacial score (nSPS) is 15.2. The van der Waals surface area contributed by atoms with Crippen LogP contribution >= 0.6 is 0 Å². The summed E-state index contributed by atoms with van der Waals surface area (Å²) >= 11 is 0. The van der Waals surface area contributed by atoms with Crippen molar-refractivity contribution < 1.29 is 32.6 Å². The van der Waals surface area contributed by atoms with Crippen LogP contribution in [0, 0.1) is 5.82 Å². The Bertz CT molecular complexity index is 461. The largest absolute Gasteiger partial charge is 0.480 e. The summed E-state index contributed by atoms with van der Waals surface area (Å²) in [6.07, 6.45) is -6.79. The van der Waals surface area contributed by atoms with Gasteiger partial charge in [0.1, 0.15) is 18.0 Å². The first kappa shape index (κ1) is 14.4. The number of benzene rings is 1. The van der Waals surface area contributed by atoms with Crippen molar-refractivity contribution >= 4 is 5.97 Å². The summed E-state index contributed by atoms with van der Waals surface area (Å²) in [6, 6.07) is -0.117. The lowest BCUT2D eigenvalue weighted by atomic mass is 10.0. The first-order valence-corrected chi connectivity index (χ1v) is 4.67. The van der Waals surface area contributed by atoms with Crippen LogP contribution in [0.3, 0.4) is 0 Å². The molecule has 0 radical (unpaired) electrons. The third-order valence-electron chi connectivity index (χ3n) is 2.26.